The number of carbonyl (C=O) groups excluding carboxylic acids is 1. The molecule has 0 heterocycles. The summed E-state index contributed by atoms with van der Waals surface area (Å²) in [5.41, 5.74) is 5.30. The standard InChI is InChI=1S/C9H14Cl2N2O2/c1-2-15-9(14)12-13(7-3-5-10)8-4-6-11/h3-6H,2,7-8H2,1H3,(H,12,14)/b5-3-,6-4+. The molecule has 0 radical (unpaired) electrons. The second kappa shape index (κ2) is 9.83. The van der Waals surface area contributed by atoms with Crippen molar-refractivity contribution < 1.29 is 9.53 Å². The van der Waals surface area contributed by atoms with Crippen LogP contribution in [0.3, 0.4) is 0 Å². The predicted octanol–water partition coefficient (Wildman–Crippen LogP) is 2.45. The minimum Gasteiger partial charge on any atom is -0.449 e. The van der Waals surface area contributed by atoms with Crippen molar-refractivity contribution in [2.75, 3.05) is 19.7 Å². The lowest BCUT2D eigenvalue weighted by molar-refractivity contribution is 0.118. The molecule has 4 nitrogen and oxygen atoms in total. The third-order valence-corrected chi connectivity index (χ3v) is 1.71. The van der Waals surface area contributed by atoms with Gasteiger partial charge in [0.1, 0.15) is 0 Å². The molecule has 0 bridgehead atoms. The van der Waals surface area contributed by atoms with E-state index in [1.54, 1.807) is 24.1 Å². The first-order chi connectivity index (χ1) is 7.24. The molecular formula is C9H14Cl2N2O2. The van der Waals surface area contributed by atoms with Crippen LogP contribution < -0.4 is 5.43 Å². The maximum absolute atomic E-state index is 11.1. The number of ether oxygens (including phenoxy) is 1. The van der Waals surface area contributed by atoms with Crippen LogP contribution in [0.5, 0.6) is 0 Å². The van der Waals surface area contributed by atoms with Gasteiger partial charge in [-0.05, 0) is 6.92 Å². The van der Waals surface area contributed by atoms with Gasteiger partial charge in [0.15, 0.2) is 0 Å². The van der Waals surface area contributed by atoms with E-state index in [1.165, 1.54) is 11.1 Å². The van der Waals surface area contributed by atoms with Crippen LogP contribution in [0.1, 0.15) is 6.92 Å². The van der Waals surface area contributed by atoms with E-state index in [1.807, 2.05) is 0 Å². The van der Waals surface area contributed by atoms with Gasteiger partial charge in [0.05, 0.1) is 6.61 Å². The van der Waals surface area contributed by atoms with E-state index in [0.717, 1.165) is 0 Å². The fourth-order valence-electron chi connectivity index (χ4n) is 0.792. The average molecular weight is 253 g/mol. The van der Waals surface area contributed by atoms with E-state index in [0.29, 0.717) is 19.7 Å². The zero-order chi connectivity index (χ0) is 11.5. The van der Waals surface area contributed by atoms with Gasteiger partial charge in [-0.15, -0.1) is 0 Å². The highest BCUT2D eigenvalue weighted by Gasteiger charge is 2.06. The Bertz CT molecular complexity index is 218. The van der Waals surface area contributed by atoms with Gasteiger partial charge in [-0.2, -0.15) is 0 Å². The minimum absolute atomic E-state index is 0.330. The Balaban J connectivity index is 4.04. The van der Waals surface area contributed by atoms with Crippen molar-refractivity contribution in [2.24, 2.45) is 0 Å². The first-order valence-electron chi connectivity index (χ1n) is 4.43. The summed E-state index contributed by atoms with van der Waals surface area (Å²) in [5.74, 6) is 0. The van der Waals surface area contributed by atoms with Gasteiger partial charge in [0.2, 0.25) is 0 Å². The fourth-order valence-corrected chi connectivity index (χ4v) is 0.952. The third-order valence-electron chi connectivity index (χ3n) is 1.35. The molecule has 0 aromatic rings. The minimum atomic E-state index is -0.497. The predicted molar refractivity (Wildman–Crippen MR) is 61.7 cm³/mol. The molecule has 6 heteroatoms. The Labute approximate surface area is 99.4 Å². The third kappa shape index (κ3) is 8.30. The van der Waals surface area contributed by atoms with Gasteiger partial charge in [0, 0.05) is 24.2 Å². The van der Waals surface area contributed by atoms with Crippen LogP contribution in [0.4, 0.5) is 4.79 Å². The zero-order valence-electron chi connectivity index (χ0n) is 8.45. The number of amides is 1. The molecule has 0 aliphatic carbocycles. The summed E-state index contributed by atoms with van der Waals surface area (Å²) < 4.78 is 4.73. The van der Waals surface area contributed by atoms with Crippen molar-refractivity contribution in [3.63, 3.8) is 0 Å². The highest BCUT2D eigenvalue weighted by Crippen LogP contribution is 1.90. The van der Waals surface area contributed by atoms with Gasteiger partial charge in [0.25, 0.3) is 0 Å². The number of rotatable bonds is 6. The normalized spacial score (nSPS) is 11.5. The summed E-state index contributed by atoms with van der Waals surface area (Å²) in [6.07, 6.45) is 2.88. The van der Waals surface area contributed by atoms with E-state index in [4.69, 9.17) is 27.9 Å². The van der Waals surface area contributed by atoms with Gasteiger partial charge in [-0.25, -0.2) is 9.80 Å². The Morgan fingerprint density at radius 2 is 1.87 bits per heavy atom. The Morgan fingerprint density at radius 3 is 2.27 bits per heavy atom. The second-order valence-corrected chi connectivity index (χ2v) is 2.96. The summed E-state index contributed by atoms with van der Waals surface area (Å²) in [5, 5.41) is 1.61. The average Bonchev–Trinajstić information content (AvgIpc) is 2.22. The van der Waals surface area contributed by atoms with Gasteiger partial charge < -0.3 is 4.74 Å². The quantitative estimate of drug-likeness (QED) is 0.739. The summed E-state index contributed by atoms with van der Waals surface area (Å²) in [6, 6.07) is 0. The molecule has 0 rings (SSSR count). The van der Waals surface area contributed by atoms with Crippen LogP contribution in [0.25, 0.3) is 0 Å². The van der Waals surface area contributed by atoms with Crippen molar-refractivity contribution in [1.29, 1.82) is 0 Å². The van der Waals surface area contributed by atoms with E-state index in [9.17, 15) is 4.79 Å². The molecule has 0 atom stereocenters. The number of hydrogen-bond donors (Lipinski definition) is 1. The molecule has 0 saturated heterocycles. The molecule has 0 unspecified atom stereocenters. The van der Waals surface area contributed by atoms with Crippen molar-refractivity contribution in [3.05, 3.63) is 23.2 Å². The largest absolute Gasteiger partial charge is 0.449 e. The lowest BCUT2D eigenvalue weighted by Gasteiger charge is -2.19. The summed E-state index contributed by atoms with van der Waals surface area (Å²) in [6.45, 7) is 3.02. The Morgan fingerprint density at radius 1 is 1.33 bits per heavy atom. The van der Waals surface area contributed by atoms with Crippen molar-refractivity contribution in [3.8, 4) is 0 Å². The molecule has 0 aromatic heterocycles. The van der Waals surface area contributed by atoms with Crippen LogP contribution in [-0.4, -0.2) is 30.8 Å². The lowest BCUT2D eigenvalue weighted by atomic mass is 10.5. The van der Waals surface area contributed by atoms with Gasteiger partial charge in [-0.1, -0.05) is 35.4 Å². The van der Waals surface area contributed by atoms with Gasteiger partial charge in [-0.3, -0.25) is 5.43 Å². The number of nitrogens with zero attached hydrogens (tertiary/aromatic N) is 1. The first-order valence-corrected chi connectivity index (χ1v) is 5.30. The highest BCUT2D eigenvalue weighted by atomic mass is 35.5. The Kier molecular flexibility index (Phi) is 9.36. The summed E-state index contributed by atoms with van der Waals surface area (Å²) in [4.78, 5) is 11.1. The number of nitrogens with one attached hydrogen (secondary N) is 1. The molecule has 1 N–H and O–H groups in total. The molecule has 0 aliphatic heterocycles. The maximum Gasteiger partial charge on any atom is 0.421 e. The lowest BCUT2D eigenvalue weighted by Crippen LogP contribution is -2.42. The number of hydrazine groups is 1. The number of carbonyl (C=O) groups is 1. The maximum atomic E-state index is 11.1. The molecule has 86 valence electrons. The van der Waals surface area contributed by atoms with E-state index < -0.39 is 6.09 Å². The van der Waals surface area contributed by atoms with Crippen LogP contribution in [0, 0.1) is 0 Å². The smallest absolute Gasteiger partial charge is 0.421 e. The number of hydrogen-bond acceptors (Lipinski definition) is 3. The first kappa shape index (κ1) is 14.3. The SMILES string of the molecule is CCOC(=O)NN(C/C=C\Cl)C/C=C/Cl. The molecule has 0 fully saturated rings. The van der Waals surface area contributed by atoms with Crippen molar-refractivity contribution in [1.82, 2.24) is 10.4 Å². The van der Waals surface area contributed by atoms with Crippen LogP contribution in [-0.2, 0) is 4.74 Å². The highest BCUT2D eigenvalue weighted by molar-refractivity contribution is 6.25. The van der Waals surface area contributed by atoms with Crippen molar-refractivity contribution >= 4 is 29.3 Å². The molecule has 0 aromatic carbocycles. The molecular weight excluding hydrogens is 239 g/mol. The topological polar surface area (TPSA) is 41.6 Å². The van der Waals surface area contributed by atoms with Crippen molar-refractivity contribution in [2.45, 2.75) is 6.92 Å². The molecule has 0 spiro atoms. The summed E-state index contributed by atoms with van der Waals surface area (Å²) in [7, 11) is 0. The van der Waals surface area contributed by atoms with Crippen LogP contribution in [0.15, 0.2) is 23.2 Å². The van der Waals surface area contributed by atoms with E-state index in [-0.39, 0.29) is 0 Å². The molecule has 15 heavy (non-hydrogen) atoms. The van der Waals surface area contributed by atoms with E-state index in [2.05, 4.69) is 5.43 Å². The fraction of sp³-hybridized carbons (Fsp3) is 0.444. The Hall–Kier alpha value is -0.710. The summed E-state index contributed by atoms with van der Waals surface area (Å²) >= 11 is 10.8. The molecule has 1 amide bonds. The van der Waals surface area contributed by atoms with Crippen LogP contribution >= 0.6 is 23.2 Å². The van der Waals surface area contributed by atoms with Crippen LogP contribution in [0.2, 0.25) is 0 Å². The van der Waals surface area contributed by atoms with E-state index >= 15 is 0 Å². The molecule has 0 aliphatic rings. The monoisotopic (exact) mass is 252 g/mol. The second-order valence-electron chi connectivity index (χ2n) is 2.46. The number of halogens is 2. The van der Waals surface area contributed by atoms with Gasteiger partial charge >= 0.3 is 6.09 Å². The molecule has 0 saturated carbocycles. The zero-order valence-corrected chi connectivity index (χ0v) is 9.96.